The molecule has 0 N–H and O–H groups in total. The van der Waals surface area contributed by atoms with Crippen molar-refractivity contribution in [1.29, 1.82) is 0 Å². The molecule has 0 aromatic rings. The maximum Gasteiger partial charge on any atom is 0.307 e. The Morgan fingerprint density at radius 3 is 2.29 bits per heavy atom. The minimum atomic E-state index is 0.00267. The Hall–Kier alpha value is -0.650. The first kappa shape index (κ1) is 15.3. The number of rotatable bonds is 4. The highest BCUT2D eigenvalue weighted by molar-refractivity contribution is 5.69. The van der Waals surface area contributed by atoms with Crippen LogP contribution in [0.5, 0.6) is 0 Å². The summed E-state index contributed by atoms with van der Waals surface area (Å²) in [6.07, 6.45) is 5.33. The van der Waals surface area contributed by atoms with Crippen molar-refractivity contribution >= 4 is 5.97 Å². The highest BCUT2D eigenvalue weighted by Gasteiger charge is 2.39. The molecule has 3 aliphatic rings. The summed E-state index contributed by atoms with van der Waals surface area (Å²) in [7, 11) is 4.37. The Morgan fingerprint density at radius 2 is 1.67 bits per heavy atom. The summed E-state index contributed by atoms with van der Waals surface area (Å²) in [5.74, 6) is 0.00267. The quantitative estimate of drug-likeness (QED) is 0.717. The van der Waals surface area contributed by atoms with Crippen LogP contribution in [-0.4, -0.2) is 85.7 Å². The second kappa shape index (κ2) is 6.63. The molecular formula is C16H29N3O2. The molecule has 0 aliphatic carbocycles. The second-order valence-electron chi connectivity index (χ2n) is 7.03. The van der Waals surface area contributed by atoms with Crippen LogP contribution >= 0.6 is 0 Å². The van der Waals surface area contributed by atoms with Gasteiger partial charge in [-0.05, 0) is 39.8 Å². The van der Waals surface area contributed by atoms with Crippen molar-refractivity contribution in [1.82, 2.24) is 14.7 Å². The minimum absolute atomic E-state index is 0.00267. The van der Waals surface area contributed by atoms with E-state index in [-0.39, 0.29) is 12.1 Å². The summed E-state index contributed by atoms with van der Waals surface area (Å²) in [5, 5.41) is 0. The monoisotopic (exact) mass is 295 g/mol. The molecule has 5 heteroatoms. The fourth-order valence-corrected chi connectivity index (χ4v) is 4.02. The van der Waals surface area contributed by atoms with Gasteiger partial charge >= 0.3 is 5.97 Å². The standard InChI is InChI=1S/C16H29N3O2/c1-17-7-9-19(10-8-17)6-5-16(20)21-15-11-13-3-4-14(12-15)18(13)2/h13-15H,3-12H2,1-2H3/t13-,14-/m1/s1. The zero-order valence-corrected chi connectivity index (χ0v) is 13.5. The molecule has 3 heterocycles. The zero-order valence-electron chi connectivity index (χ0n) is 13.5. The number of piperazine rings is 1. The van der Waals surface area contributed by atoms with E-state index in [1.54, 1.807) is 0 Å². The van der Waals surface area contributed by atoms with E-state index in [4.69, 9.17) is 4.74 Å². The van der Waals surface area contributed by atoms with Crippen LogP contribution in [0.25, 0.3) is 0 Å². The molecule has 2 bridgehead atoms. The van der Waals surface area contributed by atoms with Crippen LogP contribution in [0.1, 0.15) is 32.1 Å². The maximum absolute atomic E-state index is 12.1. The van der Waals surface area contributed by atoms with Crippen molar-refractivity contribution in [3.8, 4) is 0 Å². The first-order valence-corrected chi connectivity index (χ1v) is 8.44. The van der Waals surface area contributed by atoms with Gasteiger partial charge in [0, 0.05) is 44.8 Å². The molecule has 0 amide bonds. The number of piperidine rings is 1. The lowest BCUT2D eigenvalue weighted by atomic mass is 10.0. The van der Waals surface area contributed by atoms with Crippen molar-refractivity contribution in [3.05, 3.63) is 0 Å². The molecule has 3 saturated heterocycles. The molecule has 21 heavy (non-hydrogen) atoms. The first-order valence-electron chi connectivity index (χ1n) is 8.44. The van der Waals surface area contributed by atoms with Gasteiger partial charge in [0.05, 0.1) is 6.42 Å². The van der Waals surface area contributed by atoms with Gasteiger partial charge in [0.15, 0.2) is 0 Å². The van der Waals surface area contributed by atoms with Crippen LogP contribution in [-0.2, 0) is 9.53 Å². The van der Waals surface area contributed by atoms with E-state index in [2.05, 4.69) is 28.8 Å². The van der Waals surface area contributed by atoms with Gasteiger partial charge in [0.1, 0.15) is 6.10 Å². The number of carbonyl (C=O) groups is 1. The van der Waals surface area contributed by atoms with E-state index in [0.717, 1.165) is 45.6 Å². The molecule has 0 aromatic carbocycles. The fourth-order valence-electron chi connectivity index (χ4n) is 4.02. The third-order valence-corrected chi connectivity index (χ3v) is 5.58. The second-order valence-corrected chi connectivity index (χ2v) is 7.03. The smallest absolute Gasteiger partial charge is 0.307 e. The SMILES string of the molecule is CN1CCN(CCC(=O)OC2C[C@H]3CC[C@H](C2)N3C)CC1. The Balaban J connectivity index is 1.37. The molecule has 0 spiro atoms. The third-order valence-electron chi connectivity index (χ3n) is 5.58. The number of hydrogen-bond acceptors (Lipinski definition) is 5. The van der Waals surface area contributed by atoms with Gasteiger partial charge in [-0.15, -0.1) is 0 Å². The van der Waals surface area contributed by atoms with Gasteiger partial charge < -0.3 is 19.4 Å². The molecular weight excluding hydrogens is 266 g/mol. The van der Waals surface area contributed by atoms with Crippen LogP contribution < -0.4 is 0 Å². The lowest BCUT2D eigenvalue weighted by Gasteiger charge is -2.36. The van der Waals surface area contributed by atoms with Crippen LogP contribution in [0.4, 0.5) is 0 Å². The van der Waals surface area contributed by atoms with Crippen LogP contribution in [0, 0.1) is 0 Å². The van der Waals surface area contributed by atoms with E-state index in [0.29, 0.717) is 18.5 Å². The van der Waals surface area contributed by atoms with Crippen LogP contribution in [0.3, 0.4) is 0 Å². The van der Waals surface area contributed by atoms with Crippen molar-refractivity contribution in [2.45, 2.75) is 50.3 Å². The Bertz CT molecular complexity index is 355. The van der Waals surface area contributed by atoms with Gasteiger partial charge in [-0.3, -0.25) is 4.79 Å². The number of ether oxygens (including phenoxy) is 1. The predicted octanol–water partition coefficient (Wildman–Crippen LogP) is 0.792. The average Bonchev–Trinajstić information content (AvgIpc) is 2.69. The van der Waals surface area contributed by atoms with Crippen molar-refractivity contribution in [2.75, 3.05) is 46.8 Å². The third kappa shape index (κ3) is 3.76. The summed E-state index contributed by atoms with van der Waals surface area (Å²) < 4.78 is 5.73. The molecule has 0 unspecified atom stereocenters. The maximum atomic E-state index is 12.1. The van der Waals surface area contributed by atoms with Gasteiger partial charge in [-0.25, -0.2) is 0 Å². The van der Waals surface area contributed by atoms with E-state index >= 15 is 0 Å². The largest absolute Gasteiger partial charge is 0.462 e. The molecule has 5 nitrogen and oxygen atoms in total. The summed E-state index contributed by atoms with van der Waals surface area (Å²) in [6.45, 7) is 5.21. The molecule has 0 saturated carbocycles. The minimum Gasteiger partial charge on any atom is -0.462 e. The summed E-state index contributed by atoms with van der Waals surface area (Å²) in [5.41, 5.74) is 0. The highest BCUT2D eigenvalue weighted by Crippen LogP contribution is 2.35. The first-order chi connectivity index (χ1) is 10.1. The molecule has 0 radical (unpaired) electrons. The number of nitrogens with zero attached hydrogens (tertiary/aromatic N) is 3. The number of esters is 1. The molecule has 120 valence electrons. The molecule has 3 fully saturated rings. The Kier molecular flexibility index (Phi) is 4.82. The van der Waals surface area contributed by atoms with Crippen LogP contribution in [0.15, 0.2) is 0 Å². The molecule has 0 aromatic heterocycles. The van der Waals surface area contributed by atoms with Gasteiger partial charge in [-0.2, -0.15) is 0 Å². The summed E-state index contributed by atoms with van der Waals surface area (Å²) in [4.78, 5) is 19.3. The Morgan fingerprint density at radius 1 is 1.05 bits per heavy atom. The lowest BCUT2D eigenvalue weighted by molar-refractivity contribution is -0.152. The lowest BCUT2D eigenvalue weighted by Crippen LogP contribution is -2.45. The van der Waals surface area contributed by atoms with E-state index < -0.39 is 0 Å². The van der Waals surface area contributed by atoms with Crippen molar-refractivity contribution in [2.24, 2.45) is 0 Å². The number of hydrogen-bond donors (Lipinski definition) is 0. The molecule has 2 atom stereocenters. The Labute approximate surface area is 128 Å². The van der Waals surface area contributed by atoms with Gasteiger partial charge in [-0.1, -0.05) is 0 Å². The number of fused-ring (bicyclic) bond motifs is 2. The van der Waals surface area contributed by atoms with Gasteiger partial charge in [0.2, 0.25) is 0 Å². The van der Waals surface area contributed by atoms with Gasteiger partial charge in [0.25, 0.3) is 0 Å². The van der Waals surface area contributed by atoms with Crippen LogP contribution in [0.2, 0.25) is 0 Å². The van der Waals surface area contributed by atoms with Crippen molar-refractivity contribution < 1.29 is 9.53 Å². The van der Waals surface area contributed by atoms with E-state index in [1.807, 2.05) is 0 Å². The summed E-state index contributed by atoms with van der Waals surface area (Å²) >= 11 is 0. The highest BCUT2D eigenvalue weighted by atomic mass is 16.5. The average molecular weight is 295 g/mol. The molecule has 3 rings (SSSR count). The van der Waals surface area contributed by atoms with Crippen molar-refractivity contribution in [3.63, 3.8) is 0 Å². The topological polar surface area (TPSA) is 36.0 Å². The summed E-state index contributed by atoms with van der Waals surface area (Å²) in [6, 6.07) is 1.28. The number of carbonyl (C=O) groups excluding carboxylic acids is 1. The molecule has 3 aliphatic heterocycles. The number of likely N-dealkylation sites (N-methyl/N-ethyl adjacent to an activating group) is 1. The zero-order chi connectivity index (χ0) is 14.8. The predicted molar refractivity (Wildman–Crippen MR) is 82.2 cm³/mol. The van der Waals surface area contributed by atoms with E-state index in [9.17, 15) is 4.79 Å². The van der Waals surface area contributed by atoms with E-state index in [1.165, 1.54) is 12.8 Å². The normalized spacial score (nSPS) is 35.0. The fraction of sp³-hybridized carbons (Fsp3) is 0.938.